The number of nitrogens with one attached hydrogen (secondary N) is 2. The van der Waals surface area contributed by atoms with Gasteiger partial charge in [0.2, 0.25) is 0 Å². The van der Waals surface area contributed by atoms with Gasteiger partial charge < -0.3 is 5.32 Å². The molecule has 0 spiro atoms. The summed E-state index contributed by atoms with van der Waals surface area (Å²) in [4.78, 5) is 13.7. The van der Waals surface area contributed by atoms with Crippen molar-refractivity contribution in [3.63, 3.8) is 0 Å². The molecule has 2 rings (SSSR count). The van der Waals surface area contributed by atoms with E-state index in [2.05, 4.69) is 21.9 Å². The standard InChI is InChI=1S/C17H20ClN3OS/c1-12(2)20-21-17(22)16(14-7-3-4-8-15(14)18)19-10-9-13-6-5-11-23-13/h3-8,11,16,19H,9-10H2,1-2H3,(H,21,22). The van der Waals surface area contributed by atoms with Crippen molar-refractivity contribution in [2.45, 2.75) is 26.3 Å². The van der Waals surface area contributed by atoms with E-state index in [1.54, 1.807) is 17.4 Å². The van der Waals surface area contributed by atoms with Crippen molar-refractivity contribution in [3.8, 4) is 0 Å². The summed E-state index contributed by atoms with van der Waals surface area (Å²) < 4.78 is 0. The summed E-state index contributed by atoms with van der Waals surface area (Å²) in [5, 5.41) is 9.89. The molecule has 4 nitrogen and oxygen atoms in total. The van der Waals surface area contributed by atoms with E-state index in [-0.39, 0.29) is 5.91 Å². The Bertz CT molecular complexity index is 666. The number of amides is 1. The smallest absolute Gasteiger partial charge is 0.261 e. The van der Waals surface area contributed by atoms with Crippen molar-refractivity contribution < 1.29 is 4.79 Å². The fraction of sp³-hybridized carbons (Fsp3) is 0.294. The highest BCUT2D eigenvalue weighted by Gasteiger charge is 2.22. The van der Waals surface area contributed by atoms with Crippen LogP contribution >= 0.6 is 22.9 Å². The quantitative estimate of drug-likeness (QED) is 0.590. The lowest BCUT2D eigenvalue weighted by atomic mass is 10.1. The summed E-state index contributed by atoms with van der Waals surface area (Å²) in [6.07, 6.45) is 0.863. The fourth-order valence-electron chi connectivity index (χ4n) is 2.08. The SMILES string of the molecule is CC(C)=NNC(=O)C(NCCc1cccs1)c1ccccc1Cl. The maximum absolute atomic E-state index is 12.5. The van der Waals surface area contributed by atoms with Crippen LogP contribution in [0.2, 0.25) is 5.02 Å². The van der Waals surface area contributed by atoms with Crippen LogP contribution in [0.5, 0.6) is 0 Å². The maximum atomic E-state index is 12.5. The Kier molecular flexibility index (Phi) is 6.77. The van der Waals surface area contributed by atoms with Crippen LogP contribution in [0.25, 0.3) is 0 Å². The summed E-state index contributed by atoms with van der Waals surface area (Å²) in [6, 6.07) is 10.9. The second-order valence-electron chi connectivity index (χ2n) is 5.27. The van der Waals surface area contributed by atoms with Crippen LogP contribution in [-0.2, 0) is 11.2 Å². The molecule has 0 saturated heterocycles. The molecule has 1 heterocycles. The highest BCUT2D eigenvalue weighted by Crippen LogP contribution is 2.23. The molecule has 2 aromatic rings. The Morgan fingerprint density at radius 2 is 2.04 bits per heavy atom. The van der Waals surface area contributed by atoms with Gasteiger partial charge in [-0.2, -0.15) is 5.10 Å². The summed E-state index contributed by atoms with van der Waals surface area (Å²) in [5.41, 5.74) is 4.12. The first-order valence-electron chi connectivity index (χ1n) is 7.39. The Balaban J connectivity index is 2.09. The molecule has 0 fully saturated rings. The average Bonchev–Trinajstić information content (AvgIpc) is 3.03. The molecule has 0 bridgehead atoms. The maximum Gasteiger partial charge on any atom is 0.261 e. The third kappa shape index (κ3) is 5.46. The lowest BCUT2D eigenvalue weighted by molar-refractivity contribution is -0.123. The lowest BCUT2D eigenvalue weighted by Gasteiger charge is -2.18. The van der Waals surface area contributed by atoms with E-state index in [0.29, 0.717) is 11.6 Å². The molecule has 0 aliphatic rings. The highest BCUT2D eigenvalue weighted by atomic mass is 35.5. The largest absolute Gasteiger partial charge is 0.302 e. The van der Waals surface area contributed by atoms with E-state index in [4.69, 9.17) is 11.6 Å². The number of carbonyl (C=O) groups is 1. The van der Waals surface area contributed by atoms with E-state index in [9.17, 15) is 4.79 Å². The van der Waals surface area contributed by atoms with E-state index < -0.39 is 6.04 Å². The van der Waals surface area contributed by atoms with Gasteiger partial charge >= 0.3 is 0 Å². The minimum Gasteiger partial charge on any atom is -0.302 e. The van der Waals surface area contributed by atoms with Crippen LogP contribution < -0.4 is 10.7 Å². The normalized spacial score (nSPS) is 11.8. The molecular weight excluding hydrogens is 330 g/mol. The van der Waals surface area contributed by atoms with Crippen molar-refractivity contribution in [1.82, 2.24) is 10.7 Å². The van der Waals surface area contributed by atoms with Crippen molar-refractivity contribution in [2.24, 2.45) is 5.10 Å². The molecule has 0 aliphatic heterocycles. The Morgan fingerprint density at radius 3 is 2.70 bits per heavy atom. The molecule has 0 radical (unpaired) electrons. The van der Waals surface area contributed by atoms with Crippen molar-refractivity contribution >= 4 is 34.6 Å². The number of carbonyl (C=O) groups excluding carboxylic acids is 1. The zero-order valence-corrected chi connectivity index (χ0v) is 14.7. The van der Waals surface area contributed by atoms with Gasteiger partial charge in [-0.25, -0.2) is 5.43 Å². The predicted molar refractivity (Wildman–Crippen MR) is 97.1 cm³/mol. The fourth-order valence-corrected chi connectivity index (χ4v) is 3.03. The zero-order valence-electron chi connectivity index (χ0n) is 13.2. The van der Waals surface area contributed by atoms with Crippen LogP contribution in [0.1, 0.15) is 30.3 Å². The van der Waals surface area contributed by atoms with Gasteiger partial charge in [-0.1, -0.05) is 35.9 Å². The number of hydrogen-bond acceptors (Lipinski definition) is 4. The monoisotopic (exact) mass is 349 g/mol. The van der Waals surface area contributed by atoms with E-state index >= 15 is 0 Å². The van der Waals surface area contributed by atoms with E-state index in [0.717, 1.165) is 17.7 Å². The van der Waals surface area contributed by atoms with Crippen molar-refractivity contribution in [2.75, 3.05) is 6.54 Å². The summed E-state index contributed by atoms with van der Waals surface area (Å²) >= 11 is 7.96. The number of hydrogen-bond donors (Lipinski definition) is 2. The van der Waals surface area contributed by atoms with Crippen LogP contribution in [0.3, 0.4) is 0 Å². The molecule has 1 amide bonds. The van der Waals surface area contributed by atoms with Gasteiger partial charge in [0, 0.05) is 22.2 Å². The number of nitrogens with zero attached hydrogens (tertiary/aromatic N) is 1. The van der Waals surface area contributed by atoms with Gasteiger partial charge in [0.05, 0.1) is 0 Å². The first-order chi connectivity index (χ1) is 11.1. The van der Waals surface area contributed by atoms with Gasteiger partial charge in [0.1, 0.15) is 6.04 Å². The van der Waals surface area contributed by atoms with Crippen LogP contribution in [0.15, 0.2) is 46.9 Å². The van der Waals surface area contributed by atoms with Gasteiger partial charge in [-0.05, 0) is 43.3 Å². The Labute approximate surface area is 145 Å². The second kappa shape index (κ2) is 8.82. The molecule has 1 unspecified atom stereocenters. The molecule has 1 atom stereocenters. The second-order valence-corrected chi connectivity index (χ2v) is 6.71. The summed E-state index contributed by atoms with van der Waals surface area (Å²) in [6.45, 7) is 4.34. The Hall–Kier alpha value is -1.69. The number of rotatable bonds is 7. The third-order valence-corrected chi connectivity index (χ3v) is 4.45. The number of thiophene rings is 1. The topological polar surface area (TPSA) is 53.5 Å². The molecule has 0 saturated carbocycles. The number of hydrazone groups is 1. The van der Waals surface area contributed by atoms with Gasteiger partial charge in [-0.15, -0.1) is 11.3 Å². The number of benzene rings is 1. The highest BCUT2D eigenvalue weighted by molar-refractivity contribution is 7.09. The predicted octanol–water partition coefficient (Wildman–Crippen LogP) is 3.79. The first kappa shape index (κ1) is 17.7. The molecule has 1 aromatic heterocycles. The summed E-state index contributed by atoms with van der Waals surface area (Å²) in [5.74, 6) is -0.217. The van der Waals surface area contributed by atoms with Gasteiger partial charge in [-0.3, -0.25) is 4.79 Å². The molecular formula is C17H20ClN3OS. The molecule has 1 aromatic carbocycles. The molecule has 6 heteroatoms. The average molecular weight is 350 g/mol. The molecule has 23 heavy (non-hydrogen) atoms. The zero-order chi connectivity index (χ0) is 16.7. The Morgan fingerprint density at radius 1 is 1.26 bits per heavy atom. The van der Waals surface area contributed by atoms with Crippen molar-refractivity contribution in [1.29, 1.82) is 0 Å². The van der Waals surface area contributed by atoms with E-state index in [1.807, 2.05) is 43.5 Å². The molecule has 122 valence electrons. The summed E-state index contributed by atoms with van der Waals surface area (Å²) in [7, 11) is 0. The molecule has 2 N–H and O–H groups in total. The minimum atomic E-state index is -0.535. The lowest BCUT2D eigenvalue weighted by Crippen LogP contribution is -2.36. The van der Waals surface area contributed by atoms with Crippen molar-refractivity contribution in [3.05, 3.63) is 57.2 Å². The first-order valence-corrected chi connectivity index (χ1v) is 8.64. The minimum absolute atomic E-state index is 0.217. The number of halogens is 1. The van der Waals surface area contributed by atoms with Gasteiger partial charge in [0.25, 0.3) is 5.91 Å². The van der Waals surface area contributed by atoms with Crippen LogP contribution in [0.4, 0.5) is 0 Å². The van der Waals surface area contributed by atoms with Crippen LogP contribution in [0, 0.1) is 0 Å². The third-order valence-electron chi connectivity index (χ3n) is 3.17. The molecule has 0 aliphatic carbocycles. The van der Waals surface area contributed by atoms with Crippen LogP contribution in [-0.4, -0.2) is 18.2 Å². The van der Waals surface area contributed by atoms with E-state index in [1.165, 1.54) is 4.88 Å². The van der Waals surface area contributed by atoms with Gasteiger partial charge in [0.15, 0.2) is 0 Å².